The molecular weight excluding hydrogens is 453 g/mol. The van der Waals surface area contributed by atoms with Crippen molar-refractivity contribution in [3.05, 3.63) is 65.7 Å². The number of hydrogen-bond donors (Lipinski definition) is 1. The minimum absolute atomic E-state index is 0.0733. The third-order valence-electron chi connectivity index (χ3n) is 6.63. The number of quaternary nitrogens is 1. The zero-order valence-electron chi connectivity index (χ0n) is 18.8. The van der Waals surface area contributed by atoms with E-state index < -0.39 is 32.4 Å². The van der Waals surface area contributed by atoms with E-state index in [1.807, 2.05) is 30.3 Å². The Hall–Kier alpha value is -2.39. The molecule has 5 nitrogen and oxygen atoms in total. The van der Waals surface area contributed by atoms with Gasteiger partial charge in [-0.2, -0.15) is 13.2 Å². The number of amides is 1. The quantitative estimate of drug-likeness (QED) is 0.684. The van der Waals surface area contributed by atoms with Gasteiger partial charge in [0.15, 0.2) is 15.9 Å². The first-order valence-corrected chi connectivity index (χ1v) is 12.4. The number of piperidine rings is 1. The third-order valence-corrected chi connectivity index (χ3v) is 9.22. The summed E-state index contributed by atoms with van der Waals surface area (Å²) in [6, 6.07) is 13.1. The Balaban J connectivity index is 1.68. The number of nitrogens with zero attached hydrogens (tertiary/aromatic N) is 1. The molecule has 0 bridgehead atoms. The van der Waals surface area contributed by atoms with Gasteiger partial charge in [0.05, 0.1) is 15.2 Å². The second kappa shape index (κ2) is 9.46. The van der Waals surface area contributed by atoms with Crippen LogP contribution in [0, 0.1) is 5.92 Å². The van der Waals surface area contributed by atoms with Gasteiger partial charge in [0.25, 0.3) is 5.91 Å². The van der Waals surface area contributed by atoms with E-state index in [2.05, 4.69) is 5.73 Å². The fourth-order valence-electron chi connectivity index (χ4n) is 4.40. The summed E-state index contributed by atoms with van der Waals surface area (Å²) in [6.07, 6.45) is -3.19. The maximum Gasteiger partial charge on any atom is 0.416 e. The van der Waals surface area contributed by atoms with Crippen molar-refractivity contribution in [3.8, 4) is 0 Å². The van der Waals surface area contributed by atoms with E-state index in [0.29, 0.717) is 38.4 Å². The third kappa shape index (κ3) is 5.41. The number of likely N-dealkylation sites (tertiary alicyclic amines) is 1. The van der Waals surface area contributed by atoms with Crippen LogP contribution in [-0.4, -0.2) is 43.1 Å². The summed E-state index contributed by atoms with van der Waals surface area (Å²) in [5.74, 6) is -0.366. The molecule has 0 spiro atoms. The van der Waals surface area contributed by atoms with Crippen molar-refractivity contribution in [2.75, 3.05) is 13.1 Å². The Morgan fingerprint density at radius 2 is 1.67 bits per heavy atom. The van der Waals surface area contributed by atoms with Crippen LogP contribution in [0.5, 0.6) is 0 Å². The normalized spacial score (nSPS) is 17.1. The van der Waals surface area contributed by atoms with E-state index in [-0.39, 0.29) is 16.7 Å². The Labute approximate surface area is 192 Å². The minimum atomic E-state index is -4.62. The van der Waals surface area contributed by atoms with Crippen molar-refractivity contribution in [1.29, 1.82) is 0 Å². The highest BCUT2D eigenvalue weighted by atomic mass is 32.2. The van der Waals surface area contributed by atoms with Crippen LogP contribution in [0.15, 0.2) is 59.5 Å². The van der Waals surface area contributed by atoms with Gasteiger partial charge in [-0.3, -0.25) is 4.79 Å². The van der Waals surface area contributed by atoms with Gasteiger partial charge in [0, 0.05) is 19.5 Å². The molecule has 0 saturated carbocycles. The first-order valence-electron chi connectivity index (χ1n) is 10.9. The molecule has 1 heterocycles. The van der Waals surface area contributed by atoms with Crippen LogP contribution in [0.1, 0.15) is 37.8 Å². The number of halogens is 3. The Morgan fingerprint density at radius 3 is 2.24 bits per heavy atom. The number of sulfone groups is 1. The second-order valence-corrected chi connectivity index (χ2v) is 11.6. The second-order valence-electron chi connectivity index (χ2n) is 9.12. The standard InChI is InChI=1S/C24H29F3N2O3S/c1-23(2,33(31,32)20-10-6-9-19(16-20)24(25,26)27)18-11-13-29(14-12-18)22(30)21(28)15-17-7-4-3-5-8-17/h3-10,16,18,21H,11-15,28H2,1-2H3/p+1/t21-/m1/s1. The van der Waals surface area contributed by atoms with Crippen LogP contribution in [0.4, 0.5) is 13.2 Å². The van der Waals surface area contributed by atoms with Crippen molar-refractivity contribution in [2.24, 2.45) is 5.92 Å². The Morgan fingerprint density at radius 1 is 1.06 bits per heavy atom. The summed E-state index contributed by atoms with van der Waals surface area (Å²) in [4.78, 5) is 14.2. The zero-order valence-corrected chi connectivity index (χ0v) is 19.6. The van der Waals surface area contributed by atoms with Crippen molar-refractivity contribution < 1.29 is 32.1 Å². The van der Waals surface area contributed by atoms with Crippen molar-refractivity contribution in [2.45, 2.75) is 55.0 Å². The first-order chi connectivity index (χ1) is 15.3. The van der Waals surface area contributed by atoms with Crippen molar-refractivity contribution in [1.82, 2.24) is 4.90 Å². The Bertz CT molecular complexity index is 1080. The highest BCUT2D eigenvalue weighted by Gasteiger charge is 2.45. The molecule has 1 aliphatic heterocycles. The number of hydrogen-bond acceptors (Lipinski definition) is 3. The summed E-state index contributed by atoms with van der Waals surface area (Å²) in [5.41, 5.74) is 4.04. The predicted octanol–water partition coefficient (Wildman–Crippen LogP) is 3.35. The van der Waals surface area contributed by atoms with Crippen LogP contribution < -0.4 is 5.73 Å². The highest BCUT2D eigenvalue weighted by molar-refractivity contribution is 7.92. The lowest BCUT2D eigenvalue weighted by molar-refractivity contribution is -0.405. The van der Waals surface area contributed by atoms with E-state index in [9.17, 15) is 26.4 Å². The van der Waals surface area contributed by atoms with Gasteiger partial charge in [-0.25, -0.2) is 8.42 Å². The van der Waals surface area contributed by atoms with E-state index in [4.69, 9.17) is 0 Å². The monoisotopic (exact) mass is 483 g/mol. The fraction of sp³-hybridized carbons (Fsp3) is 0.458. The SMILES string of the molecule is CC(C)(C1CCN(C(=O)[C@H]([NH3+])Cc2ccccc2)CC1)S(=O)(=O)c1cccc(C(F)(F)F)c1. The summed E-state index contributed by atoms with van der Waals surface area (Å²) < 4.78 is 64.6. The average Bonchev–Trinajstić information content (AvgIpc) is 2.78. The molecule has 33 heavy (non-hydrogen) atoms. The number of benzene rings is 2. The number of rotatable bonds is 6. The average molecular weight is 484 g/mol. The lowest BCUT2D eigenvalue weighted by atomic mass is 9.85. The predicted molar refractivity (Wildman–Crippen MR) is 119 cm³/mol. The van der Waals surface area contributed by atoms with E-state index in [1.54, 1.807) is 18.7 Å². The molecule has 1 fully saturated rings. The van der Waals surface area contributed by atoms with E-state index in [0.717, 1.165) is 17.7 Å². The molecule has 0 aromatic heterocycles. The molecule has 1 aliphatic rings. The largest absolute Gasteiger partial charge is 0.416 e. The summed E-state index contributed by atoms with van der Waals surface area (Å²) in [7, 11) is -4.03. The number of carbonyl (C=O) groups is 1. The van der Waals surface area contributed by atoms with Crippen molar-refractivity contribution >= 4 is 15.7 Å². The molecule has 3 N–H and O–H groups in total. The van der Waals surface area contributed by atoms with Crippen LogP contribution in [0.2, 0.25) is 0 Å². The molecule has 1 amide bonds. The number of alkyl halides is 3. The maximum atomic E-state index is 13.3. The van der Waals surface area contributed by atoms with Crippen molar-refractivity contribution in [3.63, 3.8) is 0 Å². The summed E-state index contributed by atoms with van der Waals surface area (Å²) >= 11 is 0. The molecule has 0 radical (unpaired) electrons. The van der Waals surface area contributed by atoms with Crippen LogP contribution in [-0.2, 0) is 27.2 Å². The van der Waals surface area contributed by atoms with Crippen LogP contribution >= 0.6 is 0 Å². The number of carbonyl (C=O) groups excluding carboxylic acids is 1. The van der Waals surface area contributed by atoms with Gasteiger partial charge >= 0.3 is 6.18 Å². The Kier molecular flexibility index (Phi) is 7.24. The molecule has 180 valence electrons. The highest BCUT2D eigenvalue weighted by Crippen LogP contribution is 2.39. The lowest BCUT2D eigenvalue weighted by Crippen LogP contribution is -2.69. The molecule has 0 aliphatic carbocycles. The topological polar surface area (TPSA) is 82.1 Å². The van der Waals surface area contributed by atoms with Gasteiger partial charge in [0.2, 0.25) is 0 Å². The molecule has 3 rings (SSSR count). The van der Waals surface area contributed by atoms with Gasteiger partial charge in [0.1, 0.15) is 0 Å². The van der Waals surface area contributed by atoms with Gasteiger partial charge < -0.3 is 10.6 Å². The maximum absolute atomic E-state index is 13.3. The smallest absolute Gasteiger partial charge is 0.347 e. The molecule has 1 saturated heterocycles. The molecular formula is C24H30F3N2O3S+. The fourth-order valence-corrected chi connectivity index (χ4v) is 6.22. The van der Waals surface area contributed by atoms with Gasteiger partial charge in [-0.15, -0.1) is 0 Å². The molecule has 2 aromatic carbocycles. The molecule has 2 aromatic rings. The summed E-state index contributed by atoms with van der Waals surface area (Å²) in [6.45, 7) is 3.91. The first kappa shape index (κ1) is 25.2. The van der Waals surface area contributed by atoms with Crippen LogP contribution in [0.3, 0.4) is 0 Å². The summed E-state index contributed by atoms with van der Waals surface area (Å²) in [5, 5.41) is 0. The van der Waals surface area contributed by atoms with Gasteiger partial charge in [-0.05, 0) is 56.4 Å². The lowest BCUT2D eigenvalue weighted by Gasteiger charge is -2.40. The molecule has 1 atom stereocenters. The van der Waals surface area contributed by atoms with E-state index in [1.165, 1.54) is 6.07 Å². The minimum Gasteiger partial charge on any atom is -0.347 e. The molecule has 9 heteroatoms. The van der Waals surface area contributed by atoms with E-state index >= 15 is 0 Å². The van der Waals surface area contributed by atoms with Gasteiger partial charge in [-0.1, -0.05) is 36.4 Å². The molecule has 0 unspecified atom stereocenters. The zero-order chi connectivity index (χ0) is 24.4. The van der Waals surface area contributed by atoms with Crippen LogP contribution in [0.25, 0.3) is 0 Å².